The van der Waals surface area contributed by atoms with Gasteiger partial charge in [-0.25, -0.2) is 18.7 Å². The predicted octanol–water partition coefficient (Wildman–Crippen LogP) is 4.84. The molecule has 2 N–H and O–H groups in total. The lowest BCUT2D eigenvalue weighted by atomic mass is 10.1. The zero-order valence-electron chi connectivity index (χ0n) is 15.6. The molecule has 8 heteroatoms. The maximum atomic E-state index is 14.3. The van der Waals surface area contributed by atoms with Crippen LogP contribution in [0.25, 0.3) is 22.2 Å². The number of pyridine rings is 1. The fourth-order valence-electron chi connectivity index (χ4n) is 2.92. The monoisotopic (exact) mass is 403 g/mol. The first-order valence-electron chi connectivity index (χ1n) is 8.91. The van der Waals surface area contributed by atoms with Crippen LogP contribution in [-0.4, -0.2) is 20.9 Å². The predicted molar refractivity (Wildman–Crippen MR) is 111 cm³/mol. The third kappa shape index (κ3) is 3.83. The molecule has 0 aliphatic rings. The molecule has 2 aromatic carbocycles. The van der Waals surface area contributed by atoms with Crippen molar-refractivity contribution >= 4 is 34.0 Å². The SMILES string of the molecule is C=CC(=O)Nc1cc2c(Nc3ccnc(-c4ccccc4F)c3)ncnc2cc1F. The van der Waals surface area contributed by atoms with Crippen molar-refractivity contribution in [2.45, 2.75) is 0 Å². The van der Waals surface area contributed by atoms with Gasteiger partial charge in [-0.15, -0.1) is 0 Å². The second-order valence-electron chi connectivity index (χ2n) is 6.30. The topological polar surface area (TPSA) is 79.8 Å². The summed E-state index contributed by atoms with van der Waals surface area (Å²) >= 11 is 0. The molecule has 0 aliphatic carbocycles. The fraction of sp³-hybridized carbons (Fsp3) is 0. The van der Waals surface area contributed by atoms with Gasteiger partial charge in [-0.3, -0.25) is 9.78 Å². The van der Waals surface area contributed by atoms with Crippen molar-refractivity contribution < 1.29 is 13.6 Å². The van der Waals surface area contributed by atoms with Gasteiger partial charge in [0.05, 0.1) is 16.9 Å². The summed E-state index contributed by atoms with van der Waals surface area (Å²) in [6, 6.07) is 12.4. The molecule has 2 heterocycles. The van der Waals surface area contributed by atoms with E-state index in [0.717, 1.165) is 6.08 Å². The van der Waals surface area contributed by atoms with Crippen LogP contribution in [0.2, 0.25) is 0 Å². The summed E-state index contributed by atoms with van der Waals surface area (Å²) in [5, 5.41) is 6.02. The lowest BCUT2D eigenvalue weighted by molar-refractivity contribution is -0.111. The first-order valence-corrected chi connectivity index (χ1v) is 8.91. The first-order chi connectivity index (χ1) is 14.5. The molecular formula is C22H15F2N5O. The Morgan fingerprint density at radius 2 is 1.83 bits per heavy atom. The van der Waals surface area contributed by atoms with Gasteiger partial charge in [-0.1, -0.05) is 18.7 Å². The number of carbonyl (C=O) groups is 1. The number of nitrogens with one attached hydrogen (secondary N) is 2. The van der Waals surface area contributed by atoms with E-state index in [1.54, 1.807) is 36.5 Å². The van der Waals surface area contributed by atoms with Gasteiger partial charge in [0.1, 0.15) is 23.8 Å². The molecule has 0 atom stereocenters. The van der Waals surface area contributed by atoms with E-state index in [-0.39, 0.29) is 11.5 Å². The molecule has 30 heavy (non-hydrogen) atoms. The minimum absolute atomic E-state index is 0.0213. The molecule has 0 fully saturated rings. The normalized spacial score (nSPS) is 10.6. The van der Waals surface area contributed by atoms with Crippen LogP contribution in [0.5, 0.6) is 0 Å². The average Bonchev–Trinajstić information content (AvgIpc) is 2.75. The number of nitrogens with zero attached hydrogens (tertiary/aromatic N) is 3. The molecule has 0 aliphatic heterocycles. The number of hydrogen-bond acceptors (Lipinski definition) is 5. The summed E-state index contributed by atoms with van der Waals surface area (Å²) in [6.07, 6.45) is 3.89. The van der Waals surface area contributed by atoms with Gasteiger partial charge < -0.3 is 10.6 Å². The van der Waals surface area contributed by atoms with Gasteiger partial charge >= 0.3 is 0 Å². The molecule has 0 spiro atoms. The lowest BCUT2D eigenvalue weighted by Crippen LogP contribution is -2.09. The fourth-order valence-corrected chi connectivity index (χ4v) is 2.92. The lowest BCUT2D eigenvalue weighted by Gasteiger charge is -2.11. The Kier molecular flexibility index (Phi) is 5.13. The summed E-state index contributed by atoms with van der Waals surface area (Å²) in [7, 11) is 0. The summed E-state index contributed by atoms with van der Waals surface area (Å²) in [6.45, 7) is 3.36. The second kappa shape index (κ2) is 8.04. The Bertz CT molecular complexity index is 1280. The molecule has 0 saturated carbocycles. The molecule has 0 unspecified atom stereocenters. The van der Waals surface area contributed by atoms with Crippen molar-refractivity contribution in [2.75, 3.05) is 10.6 Å². The number of fused-ring (bicyclic) bond motifs is 1. The van der Waals surface area contributed by atoms with E-state index in [1.807, 2.05) is 0 Å². The number of rotatable bonds is 5. The van der Waals surface area contributed by atoms with Crippen LogP contribution >= 0.6 is 0 Å². The number of amides is 1. The molecule has 0 bridgehead atoms. The molecule has 148 valence electrons. The van der Waals surface area contributed by atoms with Crippen molar-refractivity contribution in [1.82, 2.24) is 15.0 Å². The van der Waals surface area contributed by atoms with Crippen LogP contribution in [0.4, 0.5) is 26.0 Å². The van der Waals surface area contributed by atoms with Crippen LogP contribution < -0.4 is 10.6 Å². The maximum absolute atomic E-state index is 14.3. The summed E-state index contributed by atoms with van der Waals surface area (Å²) in [5.74, 6) is -1.16. The molecule has 0 radical (unpaired) electrons. The van der Waals surface area contributed by atoms with Crippen molar-refractivity contribution in [3.05, 3.63) is 85.3 Å². The van der Waals surface area contributed by atoms with Crippen molar-refractivity contribution in [1.29, 1.82) is 0 Å². The van der Waals surface area contributed by atoms with E-state index in [2.05, 4.69) is 32.2 Å². The smallest absolute Gasteiger partial charge is 0.247 e. The highest BCUT2D eigenvalue weighted by molar-refractivity contribution is 6.01. The van der Waals surface area contributed by atoms with Gasteiger partial charge in [-0.05, 0) is 36.4 Å². The number of aromatic nitrogens is 3. The van der Waals surface area contributed by atoms with E-state index < -0.39 is 11.7 Å². The number of anilines is 3. The average molecular weight is 403 g/mol. The highest BCUT2D eigenvalue weighted by Crippen LogP contribution is 2.29. The van der Waals surface area contributed by atoms with E-state index in [4.69, 9.17) is 0 Å². The quantitative estimate of drug-likeness (QED) is 0.466. The number of hydrogen-bond donors (Lipinski definition) is 2. The molecule has 1 amide bonds. The Balaban J connectivity index is 1.73. The minimum atomic E-state index is -0.631. The van der Waals surface area contributed by atoms with E-state index in [0.29, 0.717) is 33.7 Å². The Hall–Kier alpha value is -4.20. The first kappa shape index (κ1) is 19.1. The molecule has 0 saturated heterocycles. The van der Waals surface area contributed by atoms with E-state index in [1.165, 1.54) is 24.5 Å². The van der Waals surface area contributed by atoms with Crippen LogP contribution in [0.3, 0.4) is 0 Å². The zero-order chi connectivity index (χ0) is 21.1. The van der Waals surface area contributed by atoms with Crippen LogP contribution in [0.1, 0.15) is 0 Å². The van der Waals surface area contributed by atoms with Crippen molar-refractivity contribution in [3.63, 3.8) is 0 Å². The van der Waals surface area contributed by atoms with E-state index >= 15 is 0 Å². The molecule has 4 rings (SSSR count). The highest BCUT2D eigenvalue weighted by Gasteiger charge is 2.12. The van der Waals surface area contributed by atoms with Crippen LogP contribution in [0, 0.1) is 11.6 Å². The zero-order valence-corrected chi connectivity index (χ0v) is 15.6. The maximum Gasteiger partial charge on any atom is 0.247 e. The summed E-state index contributed by atoms with van der Waals surface area (Å²) in [5.41, 5.74) is 1.74. The van der Waals surface area contributed by atoms with Crippen molar-refractivity contribution in [2.24, 2.45) is 0 Å². The van der Waals surface area contributed by atoms with Crippen molar-refractivity contribution in [3.8, 4) is 11.3 Å². The third-order valence-electron chi connectivity index (χ3n) is 4.34. The van der Waals surface area contributed by atoms with Gasteiger partial charge in [-0.2, -0.15) is 0 Å². The number of carbonyl (C=O) groups excluding carboxylic acids is 1. The van der Waals surface area contributed by atoms with E-state index in [9.17, 15) is 13.6 Å². The Morgan fingerprint density at radius 3 is 2.63 bits per heavy atom. The van der Waals surface area contributed by atoms with Gasteiger partial charge in [0.15, 0.2) is 0 Å². The number of halogens is 2. The van der Waals surface area contributed by atoms with Crippen LogP contribution in [0.15, 0.2) is 73.7 Å². The van der Waals surface area contributed by atoms with Gasteiger partial charge in [0.2, 0.25) is 5.91 Å². The summed E-state index contributed by atoms with van der Waals surface area (Å²) < 4.78 is 28.4. The molecular weight excluding hydrogens is 388 g/mol. The number of benzene rings is 2. The highest BCUT2D eigenvalue weighted by atomic mass is 19.1. The molecule has 2 aromatic heterocycles. The second-order valence-corrected chi connectivity index (χ2v) is 6.30. The van der Waals surface area contributed by atoms with Crippen LogP contribution in [-0.2, 0) is 4.79 Å². The minimum Gasteiger partial charge on any atom is -0.340 e. The van der Waals surface area contributed by atoms with Gasteiger partial charge in [0, 0.05) is 28.9 Å². The Labute approximate surface area is 170 Å². The molecule has 4 aromatic rings. The molecule has 6 nitrogen and oxygen atoms in total. The summed E-state index contributed by atoms with van der Waals surface area (Å²) in [4.78, 5) is 24.1. The Morgan fingerprint density at radius 1 is 1.00 bits per heavy atom. The largest absolute Gasteiger partial charge is 0.340 e. The van der Waals surface area contributed by atoms with Gasteiger partial charge in [0.25, 0.3) is 0 Å². The third-order valence-corrected chi connectivity index (χ3v) is 4.34. The standard InChI is InChI=1S/C22H15F2N5O/c1-2-21(30)29-20-10-15-19(11-17(20)24)26-12-27-22(15)28-13-7-8-25-18(9-13)14-5-3-4-6-16(14)23/h2-12H,1H2,(H,29,30)(H,25,26,27,28).